The van der Waals surface area contributed by atoms with Crippen molar-refractivity contribution < 1.29 is 13.5 Å². The van der Waals surface area contributed by atoms with Gasteiger partial charge < -0.3 is 4.74 Å². The number of hydrogen-bond acceptors (Lipinski definition) is 3. The van der Waals surface area contributed by atoms with Crippen LogP contribution in [-0.2, 0) is 6.54 Å². The number of nitrogens with zero attached hydrogens (tertiary/aromatic N) is 3. The van der Waals surface area contributed by atoms with Crippen LogP contribution in [0.5, 0.6) is 5.75 Å². The molecule has 0 bridgehead atoms. The summed E-state index contributed by atoms with van der Waals surface area (Å²) < 4.78 is 35.5. The van der Waals surface area contributed by atoms with Gasteiger partial charge in [-0.1, -0.05) is 0 Å². The molecule has 7 heteroatoms. The zero-order valence-electron chi connectivity index (χ0n) is 11.7. The van der Waals surface area contributed by atoms with E-state index >= 15 is 0 Å². The number of ether oxygens (including phenoxy) is 1. The molecule has 0 saturated carbocycles. The van der Waals surface area contributed by atoms with Crippen molar-refractivity contribution in [3.05, 3.63) is 52.4 Å². The molecule has 0 N–H and O–H groups in total. The Kier molecular flexibility index (Phi) is 4.06. The second kappa shape index (κ2) is 6.00. The van der Waals surface area contributed by atoms with Crippen molar-refractivity contribution >= 4 is 26.8 Å². The van der Waals surface area contributed by atoms with Gasteiger partial charge in [0, 0.05) is 29.3 Å². The van der Waals surface area contributed by atoms with Gasteiger partial charge in [-0.3, -0.25) is 9.67 Å². The molecule has 0 aliphatic heterocycles. The standard InChI is InChI=1S/C15H12BrF2N3O/c1-2-22-9-5-12(17)11(13(18)6-9)8-21-14-7-19-4-3-10(14)15(16)20-21/h3-7H,2,8H2,1H3. The predicted octanol–water partition coefficient (Wildman–Crippen LogP) is 3.92. The molecular formula is C15H12BrF2N3O. The van der Waals surface area contributed by atoms with Crippen molar-refractivity contribution in [2.24, 2.45) is 0 Å². The van der Waals surface area contributed by atoms with E-state index in [9.17, 15) is 8.78 Å². The van der Waals surface area contributed by atoms with Crippen molar-refractivity contribution in [2.75, 3.05) is 6.61 Å². The fourth-order valence-electron chi connectivity index (χ4n) is 2.23. The minimum absolute atomic E-state index is 0.0299. The van der Waals surface area contributed by atoms with E-state index in [1.165, 1.54) is 16.8 Å². The smallest absolute Gasteiger partial charge is 0.136 e. The molecule has 2 heterocycles. The van der Waals surface area contributed by atoms with E-state index in [1.807, 2.05) is 0 Å². The predicted molar refractivity (Wildman–Crippen MR) is 81.9 cm³/mol. The highest BCUT2D eigenvalue weighted by Crippen LogP contribution is 2.25. The molecule has 0 saturated heterocycles. The van der Waals surface area contributed by atoms with Crippen LogP contribution >= 0.6 is 15.9 Å². The van der Waals surface area contributed by atoms with Crippen molar-refractivity contribution in [2.45, 2.75) is 13.5 Å². The van der Waals surface area contributed by atoms with Gasteiger partial charge in [-0.05, 0) is 28.9 Å². The van der Waals surface area contributed by atoms with E-state index in [4.69, 9.17) is 4.74 Å². The number of aromatic nitrogens is 3. The van der Waals surface area contributed by atoms with Gasteiger partial charge in [0.05, 0.1) is 24.9 Å². The number of benzene rings is 1. The average Bonchev–Trinajstić information content (AvgIpc) is 2.80. The third kappa shape index (κ3) is 2.68. The van der Waals surface area contributed by atoms with Gasteiger partial charge in [0.1, 0.15) is 22.0 Å². The molecule has 0 atom stereocenters. The second-order valence-electron chi connectivity index (χ2n) is 4.64. The van der Waals surface area contributed by atoms with Crippen molar-refractivity contribution in [3.63, 3.8) is 0 Å². The van der Waals surface area contributed by atoms with Crippen LogP contribution in [0.1, 0.15) is 12.5 Å². The first-order valence-corrected chi connectivity index (χ1v) is 7.46. The molecular weight excluding hydrogens is 356 g/mol. The van der Waals surface area contributed by atoms with Gasteiger partial charge in [0.25, 0.3) is 0 Å². The van der Waals surface area contributed by atoms with Gasteiger partial charge in [-0.25, -0.2) is 8.78 Å². The van der Waals surface area contributed by atoms with Crippen molar-refractivity contribution in [1.82, 2.24) is 14.8 Å². The van der Waals surface area contributed by atoms with Gasteiger partial charge in [0.2, 0.25) is 0 Å². The van der Waals surface area contributed by atoms with E-state index < -0.39 is 11.6 Å². The Morgan fingerprint density at radius 3 is 2.68 bits per heavy atom. The quantitative estimate of drug-likeness (QED) is 0.701. The number of rotatable bonds is 4. The second-order valence-corrected chi connectivity index (χ2v) is 5.39. The summed E-state index contributed by atoms with van der Waals surface area (Å²) >= 11 is 3.33. The first-order chi connectivity index (χ1) is 10.6. The number of pyridine rings is 1. The average molecular weight is 368 g/mol. The fraction of sp³-hybridized carbons (Fsp3) is 0.200. The summed E-state index contributed by atoms with van der Waals surface area (Å²) in [4.78, 5) is 4.02. The molecule has 0 radical (unpaired) electrons. The fourth-order valence-corrected chi connectivity index (χ4v) is 2.76. The summed E-state index contributed by atoms with van der Waals surface area (Å²) in [5.41, 5.74) is 0.631. The Balaban J connectivity index is 2.02. The van der Waals surface area contributed by atoms with E-state index in [2.05, 4.69) is 26.0 Å². The Bertz CT molecular complexity index is 812. The highest BCUT2D eigenvalue weighted by Gasteiger charge is 2.15. The molecule has 0 unspecified atom stereocenters. The Morgan fingerprint density at radius 1 is 1.27 bits per heavy atom. The van der Waals surface area contributed by atoms with Crippen LogP contribution in [0.3, 0.4) is 0 Å². The summed E-state index contributed by atoms with van der Waals surface area (Å²) in [6, 6.07) is 4.15. The monoisotopic (exact) mass is 367 g/mol. The van der Waals surface area contributed by atoms with Crippen LogP contribution in [0.15, 0.2) is 35.2 Å². The molecule has 22 heavy (non-hydrogen) atoms. The first kappa shape index (κ1) is 14.9. The normalized spacial score (nSPS) is 11.1. The van der Waals surface area contributed by atoms with Gasteiger partial charge in [-0.15, -0.1) is 0 Å². The minimum Gasteiger partial charge on any atom is -0.494 e. The highest BCUT2D eigenvalue weighted by molar-refractivity contribution is 9.10. The van der Waals surface area contributed by atoms with Crippen LogP contribution in [-0.4, -0.2) is 21.4 Å². The number of fused-ring (bicyclic) bond motifs is 1. The van der Waals surface area contributed by atoms with E-state index in [1.54, 1.807) is 25.4 Å². The van der Waals surface area contributed by atoms with Crippen LogP contribution in [0.2, 0.25) is 0 Å². The van der Waals surface area contributed by atoms with Crippen LogP contribution in [0.25, 0.3) is 10.9 Å². The van der Waals surface area contributed by atoms with Gasteiger partial charge in [0.15, 0.2) is 0 Å². The van der Waals surface area contributed by atoms with Crippen LogP contribution in [0, 0.1) is 11.6 Å². The lowest BCUT2D eigenvalue weighted by atomic mass is 10.2. The molecule has 4 nitrogen and oxygen atoms in total. The molecule has 114 valence electrons. The Labute approximate surface area is 133 Å². The third-order valence-corrected chi connectivity index (χ3v) is 3.83. The third-order valence-electron chi connectivity index (χ3n) is 3.24. The number of halogens is 3. The molecule has 0 spiro atoms. The lowest BCUT2D eigenvalue weighted by Gasteiger charge is -2.09. The molecule has 3 rings (SSSR count). The highest BCUT2D eigenvalue weighted by atomic mass is 79.9. The summed E-state index contributed by atoms with van der Waals surface area (Å²) in [6.45, 7) is 2.07. The largest absolute Gasteiger partial charge is 0.494 e. The molecule has 3 aromatic rings. The lowest BCUT2D eigenvalue weighted by Crippen LogP contribution is -2.07. The van der Waals surface area contributed by atoms with Gasteiger partial charge in [-0.2, -0.15) is 5.10 Å². The lowest BCUT2D eigenvalue weighted by molar-refractivity contribution is 0.335. The van der Waals surface area contributed by atoms with Gasteiger partial charge >= 0.3 is 0 Å². The van der Waals surface area contributed by atoms with E-state index in [-0.39, 0.29) is 17.9 Å². The molecule has 0 aliphatic rings. The first-order valence-electron chi connectivity index (χ1n) is 6.67. The molecule has 0 amide bonds. The topological polar surface area (TPSA) is 39.9 Å². The summed E-state index contributed by atoms with van der Waals surface area (Å²) in [5, 5.41) is 5.09. The van der Waals surface area contributed by atoms with E-state index in [0.717, 1.165) is 5.39 Å². The van der Waals surface area contributed by atoms with E-state index in [0.29, 0.717) is 16.7 Å². The maximum Gasteiger partial charge on any atom is 0.136 e. The van der Waals surface area contributed by atoms with Crippen LogP contribution < -0.4 is 4.74 Å². The summed E-state index contributed by atoms with van der Waals surface area (Å²) in [6.07, 6.45) is 3.24. The maximum atomic E-state index is 14.1. The Morgan fingerprint density at radius 2 is 2.00 bits per heavy atom. The van der Waals surface area contributed by atoms with Crippen molar-refractivity contribution in [3.8, 4) is 5.75 Å². The summed E-state index contributed by atoms with van der Waals surface area (Å²) in [7, 11) is 0. The minimum atomic E-state index is -0.660. The molecule has 0 aliphatic carbocycles. The zero-order valence-corrected chi connectivity index (χ0v) is 13.3. The number of hydrogen-bond donors (Lipinski definition) is 0. The molecule has 0 fully saturated rings. The van der Waals surface area contributed by atoms with Crippen molar-refractivity contribution in [1.29, 1.82) is 0 Å². The zero-order chi connectivity index (χ0) is 15.7. The molecule has 1 aromatic carbocycles. The Hall–Kier alpha value is -2.02. The SMILES string of the molecule is CCOc1cc(F)c(Cn2nc(Br)c3ccncc32)c(F)c1. The molecule has 2 aromatic heterocycles. The maximum absolute atomic E-state index is 14.1. The summed E-state index contributed by atoms with van der Waals surface area (Å²) in [5.74, 6) is -1.14. The van der Waals surface area contributed by atoms with Crippen LogP contribution in [0.4, 0.5) is 8.78 Å².